The number of carbonyl (C=O) groups is 1. The molecule has 1 aromatic carbocycles. The summed E-state index contributed by atoms with van der Waals surface area (Å²) in [5.74, 6) is -0.941. The van der Waals surface area contributed by atoms with E-state index < -0.39 is 5.97 Å². The standard InChI is InChI=1S/C14H13FN2O2/c1-8-4-3-5-10(12(8)15)9-6-11(16)13(17-7-9)14(18)19-2/h3-7H,16H2,1-2H3. The van der Waals surface area contributed by atoms with Gasteiger partial charge in [-0.2, -0.15) is 0 Å². The summed E-state index contributed by atoms with van der Waals surface area (Å²) in [6.45, 7) is 1.68. The number of carbonyl (C=O) groups excluding carboxylic acids is 1. The molecule has 0 saturated carbocycles. The quantitative estimate of drug-likeness (QED) is 0.843. The SMILES string of the molecule is COC(=O)c1ncc(-c2cccc(C)c2F)cc1N. The van der Waals surface area contributed by atoms with Gasteiger partial charge in [-0.3, -0.25) is 0 Å². The van der Waals surface area contributed by atoms with E-state index in [1.54, 1.807) is 25.1 Å². The molecule has 2 N–H and O–H groups in total. The molecule has 1 aromatic heterocycles. The summed E-state index contributed by atoms with van der Waals surface area (Å²) < 4.78 is 18.5. The van der Waals surface area contributed by atoms with Crippen molar-refractivity contribution in [2.45, 2.75) is 6.92 Å². The zero-order chi connectivity index (χ0) is 14.0. The molecule has 5 heteroatoms. The zero-order valence-corrected chi connectivity index (χ0v) is 10.6. The molecular formula is C14H13FN2O2. The van der Waals surface area contributed by atoms with Gasteiger partial charge in [-0.05, 0) is 18.6 Å². The molecule has 0 saturated heterocycles. The van der Waals surface area contributed by atoms with Gasteiger partial charge in [0.25, 0.3) is 0 Å². The van der Waals surface area contributed by atoms with Crippen LogP contribution in [0.25, 0.3) is 11.1 Å². The minimum absolute atomic E-state index is 0.0271. The average molecular weight is 260 g/mol. The van der Waals surface area contributed by atoms with E-state index in [0.29, 0.717) is 16.7 Å². The fourth-order valence-electron chi connectivity index (χ4n) is 1.77. The van der Waals surface area contributed by atoms with Crippen LogP contribution in [-0.4, -0.2) is 18.1 Å². The highest BCUT2D eigenvalue weighted by Gasteiger charge is 2.14. The second-order valence-corrected chi connectivity index (χ2v) is 4.09. The predicted octanol–water partition coefficient (Wildman–Crippen LogP) is 2.56. The monoisotopic (exact) mass is 260 g/mol. The van der Waals surface area contributed by atoms with E-state index in [-0.39, 0.29) is 17.2 Å². The van der Waals surface area contributed by atoms with E-state index in [0.717, 1.165) is 0 Å². The number of aryl methyl sites for hydroxylation is 1. The maximum absolute atomic E-state index is 14.0. The van der Waals surface area contributed by atoms with Crippen molar-refractivity contribution in [3.63, 3.8) is 0 Å². The Hall–Kier alpha value is -2.43. The number of methoxy groups -OCH3 is 1. The van der Waals surface area contributed by atoms with Crippen LogP contribution in [0.15, 0.2) is 30.5 Å². The van der Waals surface area contributed by atoms with Gasteiger partial charge in [-0.15, -0.1) is 0 Å². The molecule has 0 radical (unpaired) electrons. The number of anilines is 1. The van der Waals surface area contributed by atoms with Gasteiger partial charge in [0, 0.05) is 17.3 Å². The molecule has 2 aromatic rings. The van der Waals surface area contributed by atoms with Gasteiger partial charge < -0.3 is 10.5 Å². The first kappa shape index (κ1) is 13.0. The Morgan fingerprint density at radius 3 is 2.79 bits per heavy atom. The van der Waals surface area contributed by atoms with E-state index in [1.165, 1.54) is 19.4 Å². The van der Waals surface area contributed by atoms with Gasteiger partial charge in [0.05, 0.1) is 12.8 Å². The van der Waals surface area contributed by atoms with Crippen molar-refractivity contribution in [2.24, 2.45) is 0 Å². The highest BCUT2D eigenvalue weighted by Crippen LogP contribution is 2.26. The molecule has 0 aliphatic carbocycles. The third kappa shape index (κ3) is 2.40. The molecule has 0 amide bonds. The Morgan fingerprint density at radius 2 is 2.16 bits per heavy atom. The largest absolute Gasteiger partial charge is 0.464 e. The molecule has 0 unspecified atom stereocenters. The highest BCUT2D eigenvalue weighted by atomic mass is 19.1. The molecule has 0 atom stereocenters. The summed E-state index contributed by atoms with van der Waals surface area (Å²) in [6, 6.07) is 6.57. The number of hydrogen-bond donors (Lipinski definition) is 1. The number of ether oxygens (including phenoxy) is 1. The van der Waals surface area contributed by atoms with Crippen molar-refractivity contribution in [3.05, 3.63) is 47.5 Å². The Labute approximate surface area is 110 Å². The van der Waals surface area contributed by atoms with E-state index in [9.17, 15) is 9.18 Å². The number of halogens is 1. The molecule has 98 valence electrons. The number of pyridine rings is 1. The molecule has 4 nitrogen and oxygen atoms in total. The van der Waals surface area contributed by atoms with Crippen LogP contribution in [-0.2, 0) is 4.74 Å². The normalized spacial score (nSPS) is 10.3. The van der Waals surface area contributed by atoms with Crippen molar-refractivity contribution < 1.29 is 13.9 Å². The number of aromatic nitrogens is 1. The van der Waals surface area contributed by atoms with Crippen molar-refractivity contribution in [3.8, 4) is 11.1 Å². The van der Waals surface area contributed by atoms with Crippen LogP contribution in [0.2, 0.25) is 0 Å². The lowest BCUT2D eigenvalue weighted by Gasteiger charge is -2.08. The lowest BCUT2D eigenvalue weighted by molar-refractivity contribution is 0.0595. The Balaban J connectivity index is 2.51. The summed E-state index contributed by atoms with van der Waals surface area (Å²) in [4.78, 5) is 15.3. The van der Waals surface area contributed by atoms with Crippen LogP contribution in [0.3, 0.4) is 0 Å². The van der Waals surface area contributed by atoms with E-state index in [4.69, 9.17) is 5.73 Å². The molecule has 0 spiro atoms. The van der Waals surface area contributed by atoms with Crippen molar-refractivity contribution in [1.29, 1.82) is 0 Å². The zero-order valence-electron chi connectivity index (χ0n) is 10.6. The Kier molecular flexibility index (Phi) is 3.46. The van der Waals surface area contributed by atoms with Crippen LogP contribution >= 0.6 is 0 Å². The first-order valence-corrected chi connectivity index (χ1v) is 5.64. The number of benzene rings is 1. The third-order valence-electron chi connectivity index (χ3n) is 2.80. The molecular weight excluding hydrogens is 247 g/mol. The lowest BCUT2D eigenvalue weighted by atomic mass is 10.0. The van der Waals surface area contributed by atoms with Crippen LogP contribution in [0.4, 0.5) is 10.1 Å². The summed E-state index contributed by atoms with van der Waals surface area (Å²) in [5.41, 5.74) is 7.38. The lowest BCUT2D eigenvalue weighted by Crippen LogP contribution is -2.08. The number of nitrogens with two attached hydrogens (primary N) is 1. The second kappa shape index (κ2) is 5.06. The predicted molar refractivity (Wildman–Crippen MR) is 70.1 cm³/mol. The van der Waals surface area contributed by atoms with Crippen LogP contribution in [0, 0.1) is 12.7 Å². The topological polar surface area (TPSA) is 65.2 Å². The molecule has 0 aliphatic heterocycles. The molecule has 0 bridgehead atoms. The van der Waals surface area contributed by atoms with Crippen LogP contribution < -0.4 is 5.73 Å². The average Bonchev–Trinajstić information content (AvgIpc) is 2.41. The molecule has 0 fully saturated rings. The Morgan fingerprint density at radius 1 is 1.42 bits per heavy atom. The van der Waals surface area contributed by atoms with Crippen molar-refractivity contribution in [2.75, 3.05) is 12.8 Å². The number of nitrogens with zero attached hydrogens (tertiary/aromatic N) is 1. The highest BCUT2D eigenvalue weighted by molar-refractivity contribution is 5.93. The van der Waals surface area contributed by atoms with E-state index in [2.05, 4.69) is 9.72 Å². The summed E-state index contributed by atoms with van der Waals surface area (Å²) in [7, 11) is 1.25. The molecule has 1 heterocycles. The van der Waals surface area contributed by atoms with Crippen molar-refractivity contribution in [1.82, 2.24) is 4.98 Å². The van der Waals surface area contributed by atoms with Gasteiger partial charge >= 0.3 is 5.97 Å². The second-order valence-electron chi connectivity index (χ2n) is 4.09. The first-order valence-electron chi connectivity index (χ1n) is 5.64. The van der Waals surface area contributed by atoms with Gasteiger partial charge in [-0.1, -0.05) is 18.2 Å². The van der Waals surface area contributed by atoms with Gasteiger partial charge in [0.15, 0.2) is 5.69 Å². The number of nitrogen functional groups attached to an aromatic ring is 1. The smallest absolute Gasteiger partial charge is 0.358 e. The third-order valence-corrected chi connectivity index (χ3v) is 2.80. The van der Waals surface area contributed by atoms with Crippen molar-refractivity contribution >= 4 is 11.7 Å². The number of rotatable bonds is 2. The summed E-state index contributed by atoms with van der Waals surface area (Å²) in [6.07, 6.45) is 1.40. The van der Waals surface area contributed by atoms with E-state index in [1.807, 2.05) is 0 Å². The number of esters is 1. The summed E-state index contributed by atoms with van der Waals surface area (Å²) in [5, 5.41) is 0. The first-order chi connectivity index (χ1) is 9.04. The fourth-order valence-corrected chi connectivity index (χ4v) is 1.77. The van der Waals surface area contributed by atoms with Crippen LogP contribution in [0.5, 0.6) is 0 Å². The Bertz CT molecular complexity index is 641. The minimum atomic E-state index is -0.617. The van der Waals surface area contributed by atoms with Gasteiger partial charge in [0.2, 0.25) is 0 Å². The summed E-state index contributed by atoms with van der Waals surface area (Å²) >= 11 is 0. The van der Waals surface area contributed by atoms with Gasteiger partial charge in [0.1, 0.15) is 5.82 Å². The molecule has 2 rings (SSSR count). The molecule has 19 heavy (non-hydrogen) atoms. The minimum Gasteiger partial charge on any atom is -0.464 e. The number of hydrogen-bond acceptors (Lipinski definition) is 4. The van der Waals surface area contributed by atoms with Crippen LogP contribution in [0.1, 0.15) is 16.1 Å². The maximum atomic E-state index is 14.0. The maximum Gasteiger partial charge on any atom is 0.358 e. The van der Waals surface area contributed by atoms with E-state index >= 15 is 0 Å². The van der Waals surface area contributed by atoms with Gasteiger partial charge in [-0.25, -0.2) is 14.2 Å². The molecule has 0 aliphatic rings. The fraction of sp³-hybridized carbons (Fsp3) is 0.143.